The zero-order chi connectivity index (χ0) is 22.4. The van der Waals surface area contributed by atoms with Crippen LogP contribution in [0.25, 0.3) is 0 Å². The number of amides is 1. The van der Waals surface area contributed by atoms with Crippen LogP contribution in [0, 0.1) is 0 Å². The van der Waals surface area contributed by atoms with E-state index in [4.69, 9.17) is 38.2 Å². The molecule has 0 fully saturated rings. The predicted octanol–water partition coefficient (Wildman–Crippen LogP) is 3.93. The minimum Gasteiger partial charge on any atom is -0.481 e. The first-order valence-corrected chi connectivity index (χ1v) is 11.0. The van der Waals surface area contributed by atoms with Gasteiger partial charge in [-0.05, 0) is 12.0 Å². The van der Waals surface area contributed by atoms with E-state index in [-0.39, 0.29) is 12.3 Å². The lowest BCUT2D eigenvalue weighted by Crippen LogP contribution is -2.25. The summed E-state index contributed by atoms with van der Waals surface area (Å²) < 4.78 is 31.7. The lowest BCUT2D eigenvalue weighted by atomic mass is 10.1. The molecule has 0 aliphatic heterocycles. The third-order valence-electron chi connectivity index (χ3n) is 2.79. The Kier molecular flexibility index (Phi) is 13.9. The average Bonchev–Trinajstić information content (AvgIpc) is 2.60. The summed E-state index contributed by atoms with van der Waals surface area (Å²) in [6.07, 6.45) is -1.15. The van der Waals surface area contributed by atoms with E-state index in [2.05, 4.69) is 10.3 Å². The van der Waals surface area contributed by atoms with Gasteiger partial charge in [-0.25, -0.2) is 4.79 Å². The van der Waals surface area contributed by atoms with Gasteiger partial charge in [0.05, 0.1) is 16.5 Å². The minimum absolute atomic E-state index is 0.0694. The van der Waals surface area contributed by atoms with Crippen LogP contribution in [0.1, 0.15) is 18.4 Å². The highest BCUT2D eigenvalue weighted by Crippen LogP contribution is 2.24. The van der Waals surface area contributed by atoms with Crippen LogP contribution in [0.15, 0.2) is 12.4 Å². The highest BCUT2D eigenvalue weighted by Gasteiger charge is 2.38. The summed E-state index contributed by atoms with van der Waals surface area (Å²) in [5.74, 6) is -2.33. The maximum Gasteiger partial charge on any atom is 0.490 e. The van der Waals surface area contributed by atoms with Crippen molar-refractivity contribution in [2.45, 2.75) is 25.4 Å². The van der Waals surface area contributed by atoms with E-state index < -0.39 is 18.1 Å². The first-order chi connectivity index (χ1) is 13.4. The maximum atomic E-state index is 11.7. The standard InChI is InChI=1S/C13H16Cl2N2O3S2.C2HF3O2/c14-10-7-16-8-11(15)9(10)1-2-12(18)17-4-6-22-21-5-3-13(19)20;3-2(4,5)1(6)7/h7-8H,1-6H2,(H,17,18)(H,19,20);(H,6,7). The molecule has 0 saturated heterocycles. The number of alkyl halides is 3. The molecule has 3 N–H and O–H groups in total. The number of aromatic nitrogens is 1. The van der Waals surface area contributed by atoms with Gasteiger partial charge in [0.1, 0.15) is 0 Å². The molecule has 0 aliphatic rings. The number of hydrogen-bond donors (Lipinski definition) is 3. The van der Waals surface area contributed by atoms with Crippen LogP contribution in [0.3, 0.4) is 0 Å². The van der Waals surface area contributed by atoms with Crippen LogP contribution >= 0.6 is 44.8 Å². The Bertz CT molecular complexity index is 676. The smallest absolute Gasteiger partial charge is 0.481 e. The molecular weight excluding hydrogens is 480 g/mol. The summed E-state index contributed by atoms with van der Waals surface area (Å²) in [6, 6.07) is 0. The molecule has 0 aromatic carbocycles. The number of carboxylic acids is 2. The Morgan fingerprint density at radius 2 is 1.55 bits per heavy atom. The van der Waals surface area contributed by atoms with Gasteiger partial charge in [0, 0.05) is 36.9 Å². The number of hydrogen-bond acceptors (Lipinski definition) is 6. The first-order valence-electron chi connectivity index (χ1n) is 7.76. The predicted molar refractivity (Wildman–Crippen MR) is 106 cm³/mol. The number of pyridine rings is 1. The topological polar surface area (TPSA) is 117 Å². The number of nitrogens with zero attached hydrogens (tertiary/aromatic N) is 1. The third kappa shape index (κ3) is 14.3. The summed E-state index contributed by atoms with van der Waals surface area (Å²) >= 11 is 12.0. The summed E-state index contributed by atoms with van der Waals surface area (Å²) in [5, 5.41) is 19.3. The van der Waals surface area contributed by atoms with E-state index in [1.807, 2.05) is 0 Å². The molecular formula is C15H17Cl2F3N2O5S2. The number of rotatable bonds is 10. The van der Waals surface area contributed by atoms with Gasteiger partial charge in [0.2, 0.25) is 5.91 Å². The molecule has 1 aromatic heterocycles. The van der Waals surface area contributed by atoms with Gasteiger partial charge >= 0.3 is 18.1 Å². The number of carbonyl (C=O) groups excluding carboxylic acids is 1. The largest absolute Gasteiger partial charge is 0.490 e. The molecule has 0 saturated carbocycles. The number of carboxylic acid groups (broad SMARTS) is 2. The van der Waals surface area contributed by atoms with Crippen molar-refractivity contribution in [3.8, 4) is 0 Å². The first kappa shape index (κ1) is 27.6. The number of aliphatic carboxylic acids is 2. The van der Waals surface area contributed by atoms with Crippen molar-refractivity contribution < 1.29 is 37.8 Å². The van der Waals surface area contributed by atoms with Gasteiger partial charge in [-0.2, -0.15) is 13.2 Å². The molecule has 1 amide bonds. The highest BCUT2D eigenvalue weighted by atomic mass is 35.5. The Morgan fingerprint density at radius 3 is 2.03 bits per heavy atom. The van der Waals surface area contributed by atoms with Crippen LogP contribution in [0.4, 0.5) is 13.2 Å². The van der Waals surface area contributed by atoms with Crippen molar-refractivity contribution in [2.24, 2.45) is 0 Å². The van der Waals surface area contributed by atoms with E-state index in [0.717, 1.165) is 11.3 Å². The molecule has 0 radical (unpaired) electrons. The second kappa shape index (κ2) is 14.6. The fourth-order valence-corrected chi connectivity index (χ4v) is 3.92. The van der Waals surface area contributed by atoms with E-state index in [9.17, 15) is 22.8 Å². The van der Waals surface area contributed by atoms with Crippen LogP contribution in [0.2, 0.25) is 10.0 Å². The van der Waals surface area contributed by atoms with Gasteiger partial charge in [-0.3, -0.25) is 14.6 Å². The molecule has 1 aromatic rings. The van der Waals surface area contributed by atoms with Crippen molar-refractivity contribution >= 4 is 62.6 Å². The van der Waals surface area contributed by atoms with Crippen molar-refractivity contribution in [3.05, 3.63) is 28.0 Å². The molecule has 0 aliphatic carbocycles. The zero-order valence-electron chi connectivity index (χ0n) is 14.7. The molecule has 1 heterocycles. The normalized spacial score (nSPS) is 10.7. The van der Waals surface area contributed by atoms with Gasteiger partial charge < -0.3 is 15.5 Å². The van der Waals surface area contributed by atoms with E-state index in [1.54, 1.807) is 10.8 Å². The molecule has 0 unspecified atom stereocenters. The molecule has 0 bridgehead atoms. The van der Waals surface area contributed by atoms with E-state index in [0.29, 0.717) is 35.2 Å². The fraction of sp³-hybridized carbons (Fsp3) is 0.467. The SMILES string of the molecule is O=C(O)C(F)(F)F.O=C(O)CCSSCCNC(=O)CCc1c(Cl)cncc1Cl. The summed E-state index contributed by atoms with van der Waals surface area (Å²) in [7, 11) is 3.03. The molecule has 0 spiro atoms. The van der Waals surface area contributed by atoms with Crippen LogP contribution < -0.4 is 5.32 Å². The van der Waals surface area contributed by atoms with Gasteiger partial charge in [-0.15, -0.1) is 0 Å². The zero-order valence-corrected chi connectivity index (χ0v) is 17.8. The second-order valence-electron chi connectivity index (χ2n) is 5.02. The molecule has 1 rings (SSSR count). The van der Waals surface area contributed by atoms with Crippen molar-refractivity contribution in [3.63, 3.8) is 0 Å². The quantitative estimate of drug-likeness (QED) is 0.329. The van der Waals surface area contributed by atoms with Gasteiger partial charge in [-0.1, -0.05) is 44.8 Å². The lowest BCUT2D eigenvalue weighted by molar-refractivity contribution is -0.192. The second-order valence-corrected chi connectivity index (χ2v) is 8.54. The van der Waals surface area contributed by atoms with Gasteiger partial charge in [0.25, 0.3) is 0 Å². The maximum absolute atomic E-state index is 11.7. The van der Waals surface area contributed by atoms with Crippen LogP contribution in [0.5, 0.6) is 0 Å². The summed E-state index contributed by atoms with van der Waals surface area (Å²) in [6.45, 7) is 0.543. The van der Waals surface area contributed by atoms with Gasteiger partial charge in [0.15, 0.2) is 0 Å². The molecule has 164 valence electrons. The highest BCUT2D eigenvalue weighted by molar-refractivity contribution is 8.76. The van der Waals surface area contributed by atoms with E-state index in [1.165, 1.54) is 23.2 Å². The Morgan fingerprint density at radius 1 is 1.03 bits per heavy atom. The summed E-state index contributed by atoms with van der Waals surface area (Å²) in [5.41, 5.74) is 0.729. The summed E-state index contributed by atoms with van der Waals surface area (Å²) in [4.78, 5) is 34.8. The third-order valence-corrected chi connectivity index (χ3v) is 5.85. The van der Waals surface area contributed by atoms with Crippen molar-refractivity contribution in [1.82, 2.24) is 10.3 Å². The van der Waals surface area contributed by atoms with Crippen LogP contribution in [-0.2, 0) is 20.8 Å². The molecule has 7 nitrogen and oxygen atoms in total. The lowest BCUT2D eigenvalue weighted by Gasteiger charge is -2.07. The monoisotopic (exact) mass is 496 g/mol. The Balaban J connectivity index is 0.000000956. The molecule has 14 heteroatoms. The number of halogens is 5. The van der Waals surface area contributed by atoms with Crippen LogP contribution in [-0.4, -0.2) is 57.3 Å². The van der Waals surface area contributed by atoms with E-state index >= 15 is 0 Å². The van der Waals surface area contributed by atoms with Crippen molar-refractivity contribution in [1.29, 1.82) is 0 Å². The minimum atomic E-state index is -5.08. The Labute approximate surface area is 182 Å². The number of carbonyl (C=O) groups is 3. The fourth-order valence-electron chi connectivity index (χ4n) is 1.48. The average molecular weight is 497 g/mol. The molecule has 29 heavy (non-hydrogen) atoms. The van der Waals surface area contributed by atoms with Crippen molar-refractivity contribution in [2.75, 3.05) is 18.1 Å². The Hall–Kier alpha value is -1.37. The number of nitrogens with one attached hydrogen (secondary N) is 1. The molecule has 0 atom stereocenters.